The van der Waals surface area contributed by atoms with Gasteiger partial charge in [-0.1, -0.05) is 64.6 Å². The van der Waals surface area contributed by atoms with Gasteiger partial charge < -0.3 is 20.1 Å². The Morgan fingerprint density at radius 1 is 0.739 bits per heavy atom. The molecule has 2 aliphatic rings. The fourth-order valence-electron chi connectivity index (χ4n) is 4.79. The number of ether oxygens (including phenoxy) is 2. The van der Waals surface area contributed by atoms with Crippen molar-refractivity contribution in [1.82, 2.24) is 0 Å². The van der Waals surface area contributed by atoms with Crippen molar-refractivity contribution in [1.29, 1.82) is 0 Å². The molecule has 0 amide bonds. The van der Waals surface area contributed by atoms with Crippen LogP contribution in [0.2, 0.25) is 10.0 Å². The third-order valence-corrected chi connectivity index (χ3v) is 9.03. The van der Waals surface area contributed by atoms with Gasteiger partial charge in [0.1, 0.15) is 37.0 Å². The van der Waals surface area contributed by atoms with Gasteiger partial charge in [-0.15, -0.1) is 4.33 Å². The molecule has 16 heteroatoms. The Hall–Kier alpha value is -4.38. The van der Waals surface area contributed by atoms with Crippen molar-refractivity contribution in [2.24, 2.45) is 9.98 Å². The number of anilines is 4. The van der Waals surface area contributed by atoms with Gasteiger partial charge in [-0.05, 0) is 36.4 Å². The highest BCUT2D eigenvalue weighted by Crippen LogP contribution is 2.47. The quantitative estimate of drug-likeness (QED) is 0.0524. The summed E-state index contributed by atoms with van der Waals surface area (Å²) in [6.07, 6.45) is 0. The van der Waals surface area contributed by atoms with Crippen LogP contribution in [0.3, 0.4) is 0 Å². The Bertz CT molecular complexity index is 2260. The maximum atomic E-state index is 12.3. The van der Waals surface area contributed by atoms with Crippen molar-refractivity contribution in [3.8, 4) is 23.0 Å². The van der Waals surface area contributed by atoms with E-state index >= 15 is 0 Å². The predicted molar refractivity (Wildman–Crippen MR) is 171 cm³/mol. The van der Waals surface area contributed by atoms with Crippen LogP contribution in [0.25, 0.3) is 0 Å². The first-order valence-electron chi connectivity index (χ1n) is 13.2. The van der Waals surface area contributed by atoms with E-state index in [0.29, 0.717) is 27.7 Å². The lowest BCUT2D eigenvalue weighted by Crippen LogP contribution is -2.22. The molecule has 2 aliphatic heterocycles. The van der Waals surface area contributed by atoms with Crippen LogP contribution in [0.5, 0.6) is 23.0 Å². The maximum Gasteiger partial charge on any atom is 0.296 e. The van der Waals surface area contributed by atoms with Gasteiger partial charge in [0, 0.05) is 23.5 Å². The average molecular weight is 698 g/mol. The molecule has 2 heterocycles. The van der Waals surface area contributed by atoms with Crippen LogP contribution in [0.15, 0.2) is 105 Å². The van der Waals surface area contributed by atoms with E-state index in [2.05, 4.69) is 25.7 Å². The molecule has 0 saturated heterocycles. The maximum absolute atomic E-state index is 12.3. The second-order valence-electron chi connectivity index (χ2n) is 9.73. The lowest BCUT2D eigenvalue weighted by atomic mass is 10.2. The standard InChI is InChI=1S/C30H18Cl2N4O8S2/c31-25-27-29(41-21-11-19(33-15-7-3-1-4-8-15)23(45-44-43-37)13-17(21)35-27)26(32)28-30(25)42-22-12-20(34-16-9-5-2-6-10-16)24(46(38,39)40)14-18(22)36-28/h1-14,33-34,37H,(H,38,39,40). The number of benzene rings is 5. The summed E-state index contributed by atoms with van der Waals surface area (Å²) < 4.78 is 51.7. The molecular formula is C30H18Cl2N4O8S2. The smallest absolute Gasteiger partial charge is 0.296 e. The minimum atomic E-state index is -4.68. The van der Waals surface area contributed by atoms with Crippen LogP contribution in [-0.4, -0.2) is 18.2 Å². The number of para-hydroxylation sites is 2. The Balaban J connectivity index is 1.34. The molecule has 12 nitrogen and oxygen atoms in total. The van der Waals surface area contributed by atoms with Crippen LogP contribution in [0.4, 0.5) is 34.1 Å². The lowest BCUT2D eigenvalue weighted by Gasteiger charge is -2.22. The highest BCUT2D eigenvalue weighted by atomic mass is 35.5. The Morgan fingerprint density at radius 3 is 1.76 bits per heavy atom. The van der Waals surface area contributed by atoms with Crippen molar-refractivity contribution in [2.75, 3.05) is 10.6 Å². The van der Waals surface area contributed by atoms with Gasteiger partial charge in [0.05, 0.1) is 28.3 Å². The van der Waals surface area contributed by atoms with Crippen molar-refractivity contribution in [2.45, 2.75) is 9.79 Å². The van der Waals surface area contributed by atoms with E-state index < -0.39 is 15.0 Å². The minimum absolute atomic E-state index is 0.00220. The van der Waals surface area contributed by atoms with Gasteiger partial charge in [-0.25, -0.2) is 15.2 Å². The fourth-order valence-corrected chi connectivity index (χ4v) is 6.41. The van der Waals surface area contributed by atoms with Crippen LogP contribution < -0.4 is 30.8 Å². The third kappa shape index (κ3) is 5.72. The van der Waals surface area contributed by atoms with E-state index in [-0.39, 0.29) is 49.4 Å². The Labute approximate surface area is 274 Å². The molecule has 0 atom stereocenters. The van der Waals surface area contributed by atoms with Crippen molar-refractivity contribution in [3.05, 3.63) is 106 Å². The second-order valence-corrected chi connectivity index (χ2v) is 12.6. The Morgan fingerprint density at radius 2 is 1.24 bits per heavy atom. The highest BCUT2D eigenvalue weighted by Gasteiger charge is 2.30. The first-order chi connectivity index (χ1) is 22.2. The molecule has 5 aromatic rings. The SMILES string of the molecule is O=S(=O)(O)c1cc2c(cc1Nc1ccccc1)Oc1c(Cl)c3c(c(Cl)c1=N2)Oc1cc(Nc2ccccc2)c(SOOO)cc1N=3. The molecule has 4 N–H and O–H groups in total. The largest absolute Gasteiger partial charge is 0.451 e. The number of nitrogens with zero attached hydrogens (tertiary/aromatic N) is 2. The summed E-state index contributed by atoms with van der Waals surface area (Å²) in [7, 11) is -4.68. The first kappa shape index (κ1) is 30.3. The van der Waals surface area contributed by atoms with E-state index in [0.717, 1.165) is 17.7 Å². The van der Waals surface area contributed by atoms with E-state index in [1.807, 2.05) is 30.3 Å². The van der Waals surface area contributed by atoms with Crippen molar-refractivity contribution < 1.29 is 37.1 Å². The molecule has 232 valence electrons. The van der Waals surface area contributed by atoms with Gasteiger partial charge >= 0.3 is 0 Å². The van der Waals surface area contributed by atoms with Crippen LogP contribution >= 0.6 is 35.2 Å². The fraction of sp³-hybridized carbons (Fsp3) is 0. The summed E-state index contributed by atoms with van der Waals surface area (Å²) in [4.78, 5) is 9.29. The van der Waals surface area contributed by atoms with E-state index in [4.69, 9.17) is 42.3 Å². The van der Waals surface area contributed by atoms with Crippen LogP contribution in [-0.2, 0) is 19.5 Å². The molecule has 0 unspecified atom stereocenters. The minimum Gasteiger partial charge on any atom is -0.451 e. The molecule has 0 bridgehead atoms. The normalized spacial score (nSPS) is 12.6. The predicted octanol–water partition coefficient (Wildman–Crippen LogP) is 8.27. The second kappa shape index (κ2) is 12.1. The number of rotatable bonds is 8. The van der Waals surface area contributed by atoms with E-state index in [1.165, 1.54) is 12.1 Å². The molecule has 5 aromatic carbocycles. The van der Waals surface area contributed by atoms with Gasteiger partial charge in [-0.2, -0.15) is 8.42 Å². The van der Waals surface area contributed by atoms with E-state index in [9.17, 15) is 13.0 Å². The summed E-state index contributed by atoms with van der Waals surface area (Å²) in [6, 6.07) is 23.9. The molecule has 0 fully saturated rings. The summed E-state index contributed by atoms with van der Waals surface area (Å²) >= 11 is 14.4. The number of fused-ring (bicyclic) bond motifs is 4. The third-order valence-electron chi connectivity index (χ3n) is 6.79. The molecule has 0 aliphatic carbocycles. The zero-order valence-corrected chi connectivity index (χ0v) is 26.0. The molecule has 7 rings (SSSR count). The van der Waals surface area contributed by atoms with E-state index in [1.54, 1.807) is 42.5 Å². The Kier molecular flexibility index (Phi) is 7.96. The van der Waals surface area contributed by atoms with Gasteiger partial charge in [0.15, 0.2) is 23.0 Å². The van der Waals surface area contributed by atoms with Gasteiger partial charge in [0.25, 0.3) is 10.1 Å². The molecule has 0 saturated carbocycles. The number of hydrogen-bond donors (Lipinski definition) is 4. The molecule has 0 spiro atoms. The summed E-state index contributed by atoms with van der Waals surface area (Å²) in [5.74, 6) is 0.602. The molecule has 46 heavy (non-hydrogen) atoms. The number of hydrogen-bond acceptors (Lipinski definition) is 12. The first-order valence-corrected chi connectivity index (χ1v) is 16.1. The van der Waals surface area contributed by atoms with Crippen LogP contribution in [0.1, 0.15) is 0 Å². The number of halogens is 2. The summed E-state index contributed by atoms with van der Waals surface area (Å²) in [5, 5.41) is 19.1. The molecule has 0 radical (unpaired) electrons. The van der Waals surface area contributed by atoms with Crippen molar-refractivity contribution in [3.63, 3.8) is 0 Å². The van der Waals surface area contributed by atoms with Crippen LogP contribution in [0, 0.1) is 0 Å². The molecular weight excluding hydrogens is 679 g/mol. The average Bonchev–Trinajstić information content (AvgIpc) is 3.05. The summed E-state index contributed by atoms with van der Waals surface area (Å²) in [6.45, 7) is 0. The zero-order valence-electron chi connectivity index (χ0n) is 22.9. The monoisotopic (exact) mass is 696 g/mol. The van der Waals surface area contributed by atoms with Crippen molar-refractivity contribution >= 4 is 79.5 Å². The summed E-state index contributed by atoms with van der Waals surface area (Å²) in [5.41, 5.74) is 2.34. The van der Waals surface area contributed by atoms with Gasteiger partial charge in [-0.3, -0.25) is 4.55 Å². The topological polar surface area (TPSA) is 160 Å². The molecule has 0 aromatic heterocycles. The highest BCUT2D eigenvalue weighted by molar-refractivity contribution is 7.94. The zero-order chi connectivity index (χ0) is 32.0. The lowest BCUT2D eigenvalue weighted by molar-refractivity contribution is -0.432. The number of nitrogens with one attached hydrogen (secondary N) is 2. The van der Waals surface area contributed by atoms with Gasteiger partial charge in [0.2, 0.25) is 0 Å².